The maximum Gasteiger partial charge on any atom is 0.327 e. The Morgan fingerprint density at radius 1 is 1.50 bits per heavy atom. The zero-order chi connectivity index (χ0) is 11.7. The van der Waals surface area contributed by atoms with Crippen LogP contribution in [0.3, 0.4) is 0 Å². The highest BCUT2D eigenvalue weighted by atomic mass is 32.2. The molecule has 16 heavy (non-hydrogen) atoms. The van der Waals surface area contributed by atoms with Crippen LogP contribution in [0.15, 0.2) is 0 Å². The number of nitrogens with one attached hydrogen (secondary N) is 1. The number of hydrogen-bond acceptors (Lipinski definition) is 4. The van der Waals surface area contributed by atoms with Gasteiger partial charge in [0.15, 0.2) is 0 Å². The van der Waals surface area contributed by atoms with Gasteiger partial charge >= 0.3 is 5.97 Å². The van der Waals surface area contributed by atoms with Crippen LogP contribution in [0.1, 0.15) is 19.8 Å². The molecule has 2 heterocycles. The Hall–Kier alpha value is -0.750. The van der Waals surface area contributed by atoms with Gasteiger partial charge in [-0.2, -0.15) is 0 Å². The molecule has 0 radical (unpaired) electrons. The van der Waals surface area contributed by atoms with Gasteiger partial charge in [0.25, 0.3) is 0 Å². The molecule has 0 aromatic heterocycles. The Balaban J connectivity index is 2.10. The predicted octanol–water partition coefficient (Wildman–Crippen LogP) is 0.113. The Morgan fingerprint density at radius 2 is 2.25 bits per heavy atom. The predicted molar refractivity (Wildman–Crippen MR) is 61.2 cm³/mol. The van der Waals surface area contributed by atoms with Crippen molar-refractivity contribution in [3.63, 3.8) is 0 Å². The fourth-order valence-electron chi connectivity index (χ4n) is 2.24. The third kappa shape index (κ3) is 2.04. The SMILES string of the molecule is CC1SCC(C(=O)O)N1C(=O)[C@@H]1CCCN1. The summed E-state index contributed by atoms with van der Waals surface area (Å²) in [6, 6.07) is -0.835. The second kappa shape index (κ2) is 4.63. The van der Waals surface area contributed by atoms with Gasteiger partial charge in [-0.05, 0) is 26.3 Å². The topological polar surface area (TPSA) is 69.6 Å². The summed E-state index contributed by atoms with van der Waals surface area (Å²) in [5.41, 5.74) is 0. The number of carboxylic acids is 1. The minimum Gasteiger partial charge on any atom is -0.480 e. The van der Waals surface area contributed by atoms with Crippen LogP contribution in [0.25, 0.3) is 0 Å². The first-order valence-electron chi connectivity index (χ1n) is 5.51. The lowest BCUT2D eigenvalue weighted by Gasteiger charge is -2.27. The zero-order valence-corrected chi connectivity index (χ0v) is 10.00. The average molecular weight is 244 g/mol. The van der Waals surface area contributed by atoms with Gasteiger partial charge in [0, 0.05) is 5.75 Å². The molecule has 0 spiro atoms. The van der Waals surface area contributed by atoms with Gasteiger partial charge in [-0.3, -0.25) is 4.79 Å². The van der Waals surface area contributed by atoms with Crippen LogP contribution in [0.4, 0.5) is 0 Å². The van der Waals surface area contributed by atoms with E-state index in [0.29, 0.717) is 5.75 Å². The van der Waals surface area contributed by atoms with Gasteiger partial charge in [0.1, 0.15) is 6.04 Å². The minimum atomic E-state index is -0.900. The maximum atomic E-state index is 12.2. The number of carbonyl (C=O) groups is 2. The fourth-order valence-corrected chi connectivity index (χ4v) is 3.42. The third-order valence-electron chi connectivity index (χ3n) is 3.12. The number of nitrogens with zero attached hydrogens (tertiary/aromatic N) is 1. The van der Waals surface area contributed by atoms with E-state index in [1.54, 1.807) is 0 Å². The highest BCUT2D eigenvalue weighted by Crippen LogP contribution is 2.30. The van der Waals surface area contributed by atoms with Gasteiger partial charge in [0.05, 0.1) is 11.4 Å². The number of rotatable bonds is 2. The van der Waals surface area contributed by atoms with Crippen molar-refractivity contribution in [2.45, 2.75) is 37.2 Å². The Morgan fingerprint density at radius 3 is 2.81 bits per heavy atom. The summed E-state index contributed by atoms with van der Waals surface area (Å²) in [5, 5.41) is 12.2. The molecular formula is C10H16N2O3S. The molecule has 2 aliphatic rings. The van der Waals surface area contributed by atoms with Crippen LogP contribution in [-0.4, -0.2) is 51.6 Å². The van der Waals surface area contributed by atoms with E-state index >= 15 is 0 Å². The second-order valence-corrected chi connectivity index (χ2v) is 5.53. The molecule has 6 heteroatoms. The second-order valence-electron chi connectivity index (χ2n) is 4.18. The third-order valence-corrected chi connectivity index (χ3v) is 4.34. The quantitative estimate of drug-likeness (QED) is 0.721. The summed E-state index contributed by atoms with van der Waals surface area (Å²) < 4.78 is 0. The Kier molecular flexibility index (Phi) is 3.39. The van der Waals surface area contributed by atoms with E-state index in [0.717, 1.165) is 19.4 Å². The Labute approximate surface area is 98.6 Å². The van der Waals surface area contributed by atoms with Crippen LogP contribution < -0.4 is 5.32 Å². The first kappa shape index (κ1) is 11.7. The molecule has 2 N–H and O–H groups in total. The maximum absolute atomic E-state index is 12.2. The average Bonchev–Trinajstić information content (AvgIpc) is 2.84. The molecule has 2 fully saturated rings. The van der Waals surface area contributed by atoms with E-state index in [-0.39, 0.29) is 17.3 Å². The number of amides is 1. The number of carboxylic acid groups (broad SMARTS) is 1. The summed E-state index contributed by atoms with van der Waals surface area (Å²) in [6.07, 6.45) is 1.81. The first-order chi connectivity index (χ1) is 7.61. The van der Waals surface area contributed by atoms with E-state index in [9.17, 15) is 9.59 Å². The number of hydrogen-bond donors (Lipinski definition) is 2. The number of thioether (sulfide) groups is 1. The number of carbonyl (C=O) groups excluding carboxylic acids is 1. The molecule has 1 amide bonds. The van der Waals surface area contributed by atoms with Crippen LogP contribution in [-0.2, 0) is 9.59 Å². The molecule has 0 saturated carbocycles. The van der Waals surface area contributed by atoms with Crippen LogP contribution >= 0.6 is 11.8 Å². The molecule has 0 aromatic carbocycles. The van der Waals surface area contributed by atoms with E-state index in [1.807, 2.05) is 6.92 Å². The van der Waals surface area contributed by atoms with E-state index < -0.39 is 12.0 Å². The van der Waals surface area contributed by atoms with Crippen molar-refractivity contribution in [3.8, 4) is 0 Å². The standard InChI is InChI=1S/C10H16N2O3S/c1-6-12(8(5-16-6)10(14)15)9(13)7-3-2-4-11-7/h6-8,11H,2-5H2,1H3,(H,14,15)/t6?,7-,8?/m0/s1. The van der Waals surface area contributed by atoms with Crippen molar-refractivity contribution in [1.29, 1.82) is 0 Å². The highest BCUT2D eigenvalue weighted by molar-refractivity contribution is 8.00. The van der Waals surface area contributed by atoms with Crippen molar-refractivity contribution < 1.29 is 14.7 Å². The van der Waals surface area contributed by atoms with Crippen molar-refractivity contribution in [2.24, 2.45) is 0 Å². The van der Waals surface area contributed by atoms with Gasteiger partial charge in [-0.25, -0.2) is 4.79 Å². The molecule has 5 nitrogen and oxygen atoms in total. The fraction of sp³-hybridized carbons (Fsp3) is 0.800. The summed E-state index contributed by atoms with van der Waals surface area (Å²) in [5.74, 6) is -0.458. The van der Waals surface area contributed by atoms with E-state index in [1.165, 1.54) is 16.7 Å². The molecule has 0 aliphatic carbocycles. The summed E-state index contributed by atoms with van der Waals surface area (Å²) in [7, 11) is 0. The van der Waals surface area contributed by atoms with Gasteiger partial charge in [-0.15, -0.1) is 11.8 Å². The van der Waals surface area contributed by atoms with Gasteiger partial charge < -0.3 is 15.3 Å². The molecule has 0 bridgehead atoms. The van der Waals surface area contributed by atoms with E-state index in [2.05, 4.69) is 5.32 Å². The normalized spacial score (nSPS) is 34.3. The zero-order valence-electron chi connectivity index (χ0n) is 9.18. The highest BCUT2D eigenvalue weighted by Gasteiger charge is 2.42. The van der Waals surface area contributed by atoms with Crippen molar-refractivity contribution in [3.05, 3.63) is 0 Å². The molecule has 2 rings (SSSR count). The molecule has 0 aromatic rings. The summed E-state index contributed by atoms with van der Waals surface area (Å²) in [4.78, 5) is 24.7. The largest absolute Gasteiger partial charge is 0.480 e. The molecule has 2 aliphatic heterocycles. The number of aliphatic carboxylic acids is 1. The summed E-state index contributed by atoms with van der Waals surface area (Å²) >= 11 is 1.53. The lowest BCUT2D eigenvalue weighted by atomic mass is 10.1. The molecular weight excluding hydrogens is 228 g/mol. The lowest BCUT2D eigenvalue weighted by molar-refractivity contribution is -0.149. The molecule has 2 saturated heterocycles. The first-order valence-corrected chi connectivity index (χ1v) is 6.56. The smallest absolute Gasteiger partial charge is 0.327 e. The van der Waals surface area contributed by atoms with Crippen molar-refractivity contribution >= 4 is 23.6 Å². The van der Waals surface area contributed by atoms with E-state index in [4.69, 9.17) is 5.11 Å². The molecule has 3 atom stereocenters. The monoisotopic (exact) mass is 244 g/mol. The van der Waals surface area contributed by atoms with Gasteiger partial charge in [0.2, 0.25) is 5.91 Å². The van der Waals surface area contributed by atoms with Crippen LogP contribution in [0, 0.1) is 0 Å². The van der Waals surface area contributed by atoms with Crippen molar-refractivity contribution in [2.75, 3.05) is 12.3 Å². The molecule has 90 valence electrons. The summed E-state index contributed by atoms with van der Waals surface area (Å²) in [6.45, 7) is 2.74. The van der Waals surface area contributed by atoms with Crippen LogP contribution in [0.2, 0.25) is 0 Å². The lowest BCUT2D eigenvalue weighted by Crippen LogP contribution is -2.51. The minimum absolute atomic E-state index is 0.0315. The van der Waals surface area contributed by atoms with Crippen molar-refractivity contribution in [1.82, 2.24) is 10.2 Å². The van der Waals surface area contributed by atoms with Crippen LogP contribution in [0.5, 0.6) is 0 Å². The molecule has 2 unspecified atom stereocenters. The van der Waals surface area contributed by atoms with Gasteiger partial charge in [-0.1, -0.05) is 0 Å². The Bertz CT molecular complexity index is 304.